The number of aliphatic hydroxyl groups excluding tert-OH is 2. The number of benzene rings is 1. The number of aromatic nitrogens is 3. The molecule has 2 aromatic rings. The van der Waals surface area contributed by atoms with E-state index in [2.05, 4.69) is 15.4 Å². The van der Waals surface area contributed by atoms with E-state index in [1.54, 1.807) is 30.3 Å². The van der Waals surface area contributed by atoms with Gasteiger partial charge in [-0.1, -0.05) is 18.2 Å². The lowest BCUT2D eigenvalue weighted by atomic mass is 10.1. The molecule has 1 aromatic heterocycles. The van der Waals surface area contributed by atoms with E-state index in [0.717, 1.165) is 10.9 Å². The fourth-order valence-electron chi connectivity index (χ4n) is 2.67. The number of nitrogens with one attached hydrogen (secondary N) is 1. The molecular weight excluding hydrogens is 386 g/mol. The summed E-state index contributed by atoms with van der Waals surface area (Å²) in [5.74, 6) is -1.27. The molecule has 0 unspecified atom stereocenters. The monoisotopic (exact) mass is 405 g/mol. The van der Waals surface area contributed by atoms with Gasteiger partial charge < -0.3 is 30.7 Å². The van der Waals surface area contributed by atoms with E-state index in [4.69, 9.17) is 15.2 Å². The van der Waals surface area contributed by atoms with Gasteiger partial charge in [0, 0.05) is 0 Å². The molecule has 1 aliphatic heterocycles. The molecule has 2 heterocycles. The van der Waals surface area contributed by atoms with Crippen molar-refractivity contribution >= 4 is 17.7 Å². The lowest BCUT2D eigenvalue weighted by molar-refractivity contribution is -0.116. The second-order valence-electron chi connectivity index (χ2n) is 6.20. The number of esters is 1. The summed E-state index contributed by atoms with van der Waals surface area (Å²) in [6, 6.07) is 8.22. The minimum absolute atomic E-state index is 0.00595. The van der Waals surface area contributed by atoms with Crippen LogP contribution in [0.5, 0.6) is 0 Å². The van der Waals surface area contributed by atoms with Crippen LogP contribution in [-0.2, 0) is 14.3 Å². The maximum atomic E-state index is 12.2. The number of carbonyl (C=O) groups excluding carboxylic acids is 2. The van der Waals surface area contributed by atoms with Crippen molar-refractivity contribution in [3.05, 3.63) is 52.6 Å². The molecule has 29 heavy (non-hydrogen) atoms. The highest BCUT2D eigenvalue weighted by molar-refractivity contribution is 5.89. The van der Waals surface area contributed by atoms with Gasteiger partial charge in [0.15, 0.2) is 12.0 Å². The average Bonchev–Trinajstić information content (AvgIpc) is 2.99. The van der Waals surface area contributed by atoms with Crippen LogP contribution in [0.3, 0.4) is 0 Å². The van der Waals surface area contributed by atoms with E-state index in [-0.39, 0.29) is 19.0 Å². The number of aliphatic hydroxyl groups is 2. The number of nitrogens with zero attached hydrogens (tertiary/aromatic N) is 3. The largest absolute Gasteiger partial charge is 0.459 e. The quantitative estimate of drug-likeness (QED) is 0.377. The molecule has 0 spiro atoms. The van der Waals surface area contributed by atoms with E-state index in [9.17, 15) is 24.6 Å². The van der Waals surface area contributed by atoms with Crippen LogP contribution >= 0.6 is 0 Å². The van der Waals surface area contributed by atoms with Crippen molar-refractivity contribution in [3.8, 4) is 0 Å². The molecule has 12 nitrogen and oxygen atoms in total. The summed E-state index contributed by atoms with van der Waals surface area (Å²) in [4.78, 5) is 38.6. The van der Waals surface area contributed by atoms with Gasteiger partial charge >= 0.3 is 11.7 Å². The third kappa shape index (κ3) is 4.74. The second kappa shape index (κ2) is 8.77. The van der Waals surface area contributed by atoms with Crippen LogP contribution in [0.25, 0.3) is 0 Å². The molecule has 12 heteroatoms. The molecule has 0 saturated carbocycles. The highest BCUT2D eigenvalue weighted by Crippen LogP contribution is 2.28. The predicted molar refractivity (Wildman–Crippen MR) is 96.6 cm³/mol. The zero-order chi connectivity index (χ0) is 21.0. The van der Waals surface area contributed by atoms with Crippen LogP contribution in [0.2, 0.25) is 0 Å². The Bertz CT molecular complexity index is 935. The number of ether oxygens (including phenoxy) is 2. The minimum Gasteiger partial charge on any atom is -0.459 e. The molecule has 3 rings (SSSR count). The Hall–Kier alpha value is -3.35. The Morgan fingerprint density at radius 1 is 1.24 bits per heavy atom. The van der Waals surface area contributed by atoms with Crippen LogP contribution in [-0.4, -0.2) is 68.3 Å². The minimum atomic E-state index is -1.51. The van der Waals surface area contributed by atoms with E-state index < -0.39 is 42.1 Å². The van der Waals surface area contributed by atoms with E-state index in [1.807, 2.05) is 0 Å². The van der Waals surface area contributed by atoms with Gasteiger partial charge in [0.2, 0.25) is 5.91 Å². The molecular formula is C17H19N5O7. The molecule has 1 aromatic carbocycles. The van der Waals surface area contributed by atoms with Crippen molar-refractivity contribution in [3.63, 3.8) is 0 Å². The first-order valence-corrected chi connectivity index (χ1v) is 8.58. The Morgan fingerprint density at radius 3 is 2.62 bits per heavy atom. The summed E-state index contributed by atoms with van der Waals surface area (Å²) in [5.41, 5.74) is 4.42. The standard InChI is InChI=1S/C17H19N5O7/c18-11(23)6-19-12-7-20-22(17(27)21-12)15-14(25)13(24)10(29-15)8-28-16(26)9-4-2-1-3-5-9/h1-5,7,10,13-15,24-25H,6,8H2,(H2,18,23)(H,19,21,27)/t10-,13+,14+,15+/m0/s1. The van der Waals surface area contributed by atoms with Gasteiger partial charge in [-0.05, 0) is 12.1 Å². The van der Waals surface area contributed by atoms with Crippen LogP contribution in [0.1, 0.15) is 16.6 Å². The van der Waals surface area contributed by atoms with Crippen molar-refractivity contribution in [2.24, 2.45) is 5.73 Å². The van der Waals surface area contributed by atoms with Crippen molar-refractivity contribution in [2.75, 3.05) is 18.5 Å². The van der Waals surface area contributed by atoms with Crippen molar-refractivity contribution < 1.29 is 29.3 Å². The Kier molecular flexibility index (Phi) is 6.16. The summed E-state index contributed by atoms with van der Waals surface area (Å²) < 4.78 is 11.3. The Labute approximate surface area is 163 Å². The first-order chi connectivity index (χ1) is 13.9. The summed E-state index contributed by atoms with van der Waals surface area (Å²) in [6.45, 7) is -0.586. The first-order valence-electron chi connectivity index (χ1n) is 8.58. The lowest BCUT2D eigenvalue weighted by Gasteiger charge is -2.16. The third-order valence-electron chi connectivity index (χ3n) is 4.13. The molecule has 0 bridgehead atoms. The van der Waals surface area contributed by atoms with Crippen LogP contribution in [0, 0.1) is 0 Å². The molecule has 5 N–H and O–H groups in total. The van der Waals surface area contributed by atoms with Gasteiger partial charge in [-0.2, -0.15) is 14.8 Å². The molecule has 1 fully saturated rings. The van der Waals surface area contributed by atoms with Crippen molar-refractivity contribution in [1.82, 2.24) is 14.8 Å². The number of nitrogens with two attached hydrogens (primary N) is 1. The maximum absolute atomic E-state index is 12.2. The van der Waals surface area contributed by atoms with Crippen LogP contribution in [0.15, 0.2) is 41.3 Å². The molecule has 1 saturated heterocycles. The number of hydrogen-bond donors (Lipinski definition) is 4. The molecule has 0 aliphatic carbocycles. The van der Waals surface area contributed by atoms with Crippen LogP contribution in [0.4, 0.5) is 5.82 Å². The highest BCUT2D eigenvalue weighted by atomic mass is 16.6. The van der Waals surface area contributed by atoms with Gasteiger partial charge in [-0.3, -0.25) is 4.79 Å². The van der Waals surface area contributed by atoms with Gasteiger partial charge in [-0.25, -0.2) is 9.59 Å². The lowest BCUT2D eigenvalue weighted by Crippen LogP contribution is -2.37. The highest BCUT2D eigenvalue weighted by Gasteiger charge is 2.45. The Morgan fingerprint density at radius 2 is 1.97 bits per heavy atom. The fraction of sp³-hybridized carbons (Fsp3) is 0.353. The number of carbonyl (C=O) groups is 2. The summed E-state index contributed by atoms with van der Waals surface area (Å²) in [7, 11) is 0. The molecule has 4 atom stereocenters. The number of rotatable bonds is 7. The van der Waals surface area contributed by atoms with Crippen LogP contribution < -0.4 is 16.7 Å². The zero-order valence-corrected chi connectivity index (χ0v) is 15.0. The Balaban J connectivity index is 1.65. The molecule has 1 amide bonds. The van der Waals surface area contributed by atoms with Gasteiger partial charge in [0.05, 0.1) is 18.3 Å². The number of anilines is 1. The van der Waals surface area contributed by atoms with E-state index in [1.165, 1.54) is 0 Å². The molecule has 0 radical (unpaired) electrons. The summed E-state index contributed by atoms with van der Waals surface area (Å²) in [5, 5.41) is 26.7. The molecule has 154 valence electrons. The van der Waals surface area contributed by atoms with Crippen molar-refractivity contribution in [1.29, 1.82) is 0 Å². The van der Waals surface area contributed by atoms with E-state index in [0.29, 0.717) is 5.56 Å². The number of hydrogen-bond acceptors (Lipinski definition) is 10. The van der Waals surface area contributed by atoms with Gasteiger partial charge in [-0.15, -0.1) is 0 Å². The van der Waals surface area contributed by atoms with Crippen molar-refractivity contribution in [2.45, 2.75) is 24.5 Å². The topological polar surface area (TPSA) is 179 Å². The third-order valence-corrected chi connectivity index (χ3v) is 4.13. The average molecular weight is 405 g/mol. The van der Waals surface area contributed by atoms with Gasteiger partial charge in [0.1, 0.15) is 24.9 Å². The second-order valence-corrected chi connectivity index (χ2v) is 6.20. The fourth-order valence-corrected chi connectivity index (χ4v) is 2.67. The molecule has 1 aliphatic rings. The smallest absolute Gasteiger partial charge is 0.368 e. The van der Waals surface area contributed by atoms with Gasteiger partial charge in [0.25, 0.3) is 0 Å². The SMILES string of the molecule is NC(=O)CNc1cnn([C@@H]2O[C@@H](COC(=O)c3ccccc3)[C@@H](O)[C@H]2O)c(=O)n1. The predicted octanol–water partition coefficient (Wildman–Crippen LogP) is -1.99. The number of amides is 1. The summed E-state index contributed by atoms with van der Waals surface area (Å²) >= 11 is 0. The first kappa shape index (κ1) is 20.4. The van der Waals surface area contributed by atoms with E-state index >= 15 is 0 Å². The summed E-state index contributed by atoms with van der Waals surface area (Å²) in [6.07, 6.45) is -4.22. The normalized spacial score (nSPS) is 23.5. The zero-order valence-electron chi connectivity index (χ0n) is 15.0. The maximum Gasteiger partial charge on any atom is 0.368 e. The number of primary amides is 1.